The van der Waals surface area contributed by atoms with Gasteiger partial charge in [0.05, 0.1) is 0 Å². The van der Waals surface area contributed by atoms with Crippen LogP contribution in [0.15, 0.2) is 45.8 Å². The molecule has 2 aromatic carbocycles. The van der Waals surface area contributed by atoms with E-state index in [1.54, 1.807) is 13.0 Å². The summed E-state index contributed by atoms with van der Waals surface area (Å²) in [5.74, 6) is -0.0339. The number of hydrogen-bond donors (Lipinski definition) is 1. The molecule has 1 aliphatic heterocycles. The molecule has 1 saturated heterocycles. The van der Waals surface area contributed by atoms with Gasteiger partial charge in [-0.05, 0) is 75.8 Å². The second-order valence-electron chi connectivity index (χ2n) is 9.99. The van der Waals surface area contributed by atoms with Gasteiger partial charge < -0.3 is 9.84 Å². The number of carbonyl (C=O) groups excluding carboxylic acids is 1. The molecule has 0 radical (unpaired) electrons. The van der Waals surface area contributed by atoms with Crippen molar-refractivity contribution in [3.63, 3.8) is 0 Å². The maximum atomic E-state index is 13.6. The maximum Gasteiger partial charge on any atom is 0.248 e. The summed E-state index contributed by atoms with van der Waals surface area (Å²) in [5.41, 5.74) is 6.96. The third-order valence-electron chi connectivity index (χ3n) is 6.98. The Labute approximate surface area is 219 Å². The van der Waals surface area contributed by atoms with Gasteiger partial charge in [0.15, 0.2) is 10.7 Å². The summed E-state index contributed by atoms with van der Waals surface area (Å²) in [6, 6.07) is 12.2. The van der Waals surface area contributed by atoms with E-state index in [4.69, 9.17) is 4.52 Å². The number of rotatable bonds is 7. The zero-order valence-corrected chi connectivity index (χ0v) is 23.0. The maximum absolute atomic E-state index is 13.6. The largest absolute Gasteiger partial charge is 0.355 e. The zero-order valence-electron chi connectivity index (χ0n) is 22.2. The normalized spacial score (nSPS) is 15.4. The quantitative estimate of drug-likeness (QED) is 0.467. The highest BCUT2D eigenvalue weighted by Crippen LogP contribution is 2.30. The summed E-state index contributed by atoms with van der Waals surface area (Å²) in [4.78, 5) is 12.8. The average Bonchev–Trinajstić information content (AvgIpc) is 3.24. The molecule has 196 valence electrons. The minimum absolute atomic E-state index is 0.0359. The van der Waals surface area contributed by atoms with Crippen molar-refractivity contribution >= 4 is 28.1 Å². The number of nitrogens with zero attached hydrogens (tertiary/aromatic N) is 2. The summed E-state index contributed by atoms with van der Waals surface area (Å²) in [5, 5.41) is 6.95. The summed E-state index contributed by atoms with van der Waals surface area (Å²) in [6.45, 7) is 10.8. The lowest BCUT2D eigenvalue weighted by molar-refractivity contribution is -0.126. The number of hydrogen-bond acceptors (Lipinski definition) is 5. The molecule has 1 amide bonds. The predicted octanol–water partition coefficient (Wildman–Crippen LogP) is 5.10. The Kier molecular flexibility index (Phi) is 7.99. The van der Waals surface area contributed by atoms with Gasteiger partial charge in [0.25, 0.3) is 0 Å². The monoisotopic (exact) mass is 521 g/mol. The molecule has 0 atom stereocenters. The van der Waals surface area contributed by atoms with Crippen molar-refractivity contribution in [1.29, 1.82) is 0 Å². The zero-order chi connectivity index (χ0) is 26.7. The van der Waals surface area contributed by atoms with Gasteiger partial charge in [0.1, 0.15) is 5.69 Å². The highest BCUT2D eigenvalue weighted by atomic mass is 32.2. The van der Waals surface area contributed by atoms with E-state index in [1.807, 2.05) is 51.1 Å². The van der Waals surface area contributed by atoms with E-state index in [9.17, 15) is 13.2 Å². The molecule has 0 saturated carbocycles. The Balaban J connectivity index is 1.43. The minimum Gasteiger partial charge on any atom is -0.355 e. The van der Waals surface area contributed by atoms with Gasteiger partial charge in [0, 0.05) is 25.6 Å². The van der Waals surface area contributed by atoms with Crippen molar-refractivity contribution in [2.45, 2.75) is 58.9 Å². The standard InChI is InChI=1S/C29H35N3O4S/c1-19-6-8-24(9-7-19)18-30-29(33)25-12-14-32(15-13-25)37(34,35)28-23(5)31-36-27(28)11-10-26-21(3)16-20(2)17-22(26)4/h6-11,16-17,25H,12-15,18H2,1-5H3,(H,30,33). The number of aryl methyl sites for hydroxylation is 5. The van der Waals surface area contributed by atoms with Crippen molar-refractivity contribution in [3.8, 4) is 0 Å². The van der Waals surface area contributed by atoms with Gasteiger partial charge in [-0.2, -0.15) is 4.31 Å². The molecule has 1 aromatic heterocycles. The van der Waals surface area contributed by atoms with Crippen LogP contribution in [0.4, 0.5) is 0 Å². The molecule has 1 fully saturated rings. The molecule has 0 bridgehead atoms. The number of sulfonamides is 1. The molecule has 1 N–H and O–H groups in total. The lowest BCUT2D eigenvalue weighted by Crippen LogP contribution is -2.43. The lowest BCUT2D eigenvalue weighted by Gasteiger charge is -2.30. The van der Waals surface area contributed by atoms with Gasteiger partial charge in [-0.25, -0.2) is 8.42 Å². The lowest BCUT2D eigenvalue weighted by atomic mass is 9.97. The van der Waals surface area contributed by atoms with E-state index in [-0.39, 0.29) is 35.6 Å². The molecule has 0 aliphatic carbocycles. The first-order chi connectivity index (χ1) is 17.6. The van der Waals surface area contributed by atoms with Crippen molar-refractivity contribution in [2.24, 2.45) is 5.92 Å². The first-order valence-electron chi connectivity index (χ1n) is 12.6. The van der Waals surface area contributed by atoms with Crippen LogP contribution in [0, 0.1) is 40.5 Å². The molecule has 3 aromatic rings. The van der Waals surface area contributed by atoms with Crippen molar-refractivity contribution in [3.05, 3.63) is 81.2 Å². The van der Waals surface area contributed by atoms with Gasteiger partial charge >= 0.3 is 0 Å². The molecule has 2 heterocycles. The van der Waals surface area contributed by atoms with Crippen molar-refractivity contribution in [2.75, 3.05) is 13.1 Å². The van der Waals surface area contributed by atoms with Crippen LogP contribution in [0.3, 0.4) is 0 Å². The van der Waals surface area contributed by atoms with Gasteiger partial charge in [-0.1, -0.05) is 58.8 Å². The Morgan fingerprint density at radius 1 is 1.00 bits per heavy atom. The van der Waals surface area contributed by atoms with Gasteiger partial charge in [-0.15, -0.1) is 0 Å². The summed E-state index contributed by atoms with van der Waals surface area (Å²) < 4.78 is 34.0. The van der Waals surface area contributed by atoms with E-state index in [2.05, 4.69) is 29.5 Å². The van der Waals surface area contributed by atoms with Crippen molar-refractivity contribution < 1.29 is 17.7 Å². The van der Waals surface area contributed by atoms with Crippen LogP contribution < -0.4 is 5.32 Å². The van der Waals surface area contributed by atoms with E-state index in [0.717, 1.165) is 22.3 Å². The summed E-state index contributed by atoms with van der Waals surface area (Å²) in [7, 11) is -3.83. The molecule has 0 unspecified atom stereocenters. The van der Waals surface area contributed by atoms with Crippen LogP contribution in [-0.2, 0) is 21.4 Å². The van der Waals surface area contributed by atoms with E-state index in [0.29, 0.717) is 25.1 Å². The highest BCUT2D eigenvalue weighted by molar-refractivity contribution is 7.89. The molecular weight excluding hydrogens is 486 g/mol. The molecule has 7 nitrogen and oxygen atoms in total. The Hall–Kier alpha value is -3.23. The average molecular weight is 522 g/mol. The number of nitrogens with one attached hydrogen (secondary N) is 1. The first kappa shape index (κ1) is 26.8. The fraction of sp³-hybridized carbons (Fsp3) is 0.379. The first-order valence-corrected chi connectivity index (χ1v) is 14.1. The van der Waals surface area contributed by atoms with Crippen LogP contribution >= 0.6 is 0 Å². The van der Waals surface area contributed by atoms with Crippen LogP contribution in [-0.4, -0.2) is 36.9 Å². The van der Waals surface area contributed by atoms with Crippen LogP contribution in [0.2, 0.25) is 0 Å². The topological polar surface area (TPSA) is 92.5 Å². The van der Waals surface area contributed by atoms with Crippen LogP contribution in [0.25, 0.3) is 12.2 Å². The molecule has 4 rings (SSSR count). The highest BCUT2D eigenvalue weighted by Gasteiger charge is 2.35. The van der Waals surface area contributed by atoms with E-state index < -0.39 is 10.0 Å². The Bertz CT molecular complexity index is 1390. The number of piperidine rings is 1. The third kappa shape index (κ3) is 6.02. The second-order valence-corrected chi connectivity index (χ2v) is 11.9. The molecule has 37 heavy (non-hydrogen) atoms. The Morgan fingerprint density at radius 2 is 1.62 bits per heavy atom. The second kappa shape index (κ2) is 11.0. The third-order valence-corrected chi connectivity index (χ3v) is 9.04. The minimum atomic E-state index is -3.83. The smallest absolute Gasteiger partial charge is 0.248 e. The number of benzene rings is 2. The van der Waals surface area contributed by atoms with E-state index in [1.165, 1.54) is 15.4 Å². The summed E-state index contributed by atoms with van der Waals surface area (Å²) in [6.07, 6.45) is 4.50. The molecule has 0 spiro atoms. The molecule has 8 heteroatoms. The van der Waals surface area contributed by atoms with Gasteiger partial charge in [0.2, 0.25) is 15.9 Å². The predicted molar refractivity (Wildman–Crippen MR) is 145 cm³/mol. The number of amides is 1. The SMILES string of the molecule is Cc1ccc(CNC(=O)C2CCN(S(=O)(=O)c3c(C)noc3C=Cc3c(C)cc(C)cc3C)CC2)cc1. The van der Waals surface area contributed by atoms with Gasteiger partial charge in [-0.3, -0.25) is 4.79 Å². The van der Waals surface area contributed by atoms with E-state index >= 15 is 0 Å². The van der Waals surface area contributed by atoms with Crippen molar-refractivity contribution in [1.82, 2.24) is 14.8 Å². The molecular formula is C29H35N3O4S. The van der Waals surface area contributed by atoms with Crippen LogP contribution in [0.5, 0.6) is 0 Å². The Morgan fingerprint density at radius 3 is 2.24 bits per heavy atom. The fourth-order valence-corrected chi connectivity index (χ4v) is 6.66. The fourth-order valence-electron chi connectivity index (χ4n) is 4.94. The number of carbonyl (C=O) groups is 1. The van der Waals surface area contributed by atoms with Crippen LogP contribution in [0.1, 0.15) is 57.7 Å². The molecule has 1 aliphatic rings. The summed E-state index contributed by atoms with van der Waals surface area (Å²) >= 11 is 0. The number of aromatic nitrogens is 1.